The Morgan fingerprint density at radius 2 is 2.11 bits per heavy atom. The monoisotopic (exact) mass is 251 g/mol. The van der Waals surface area contributed by atoms with Crippen LogP contribution in [0, 0.1) is 12.3 Å². The van der Waals surface area contributed by atoms with Crippen LogP contribution in [0.4, 0.5) is 0 Å². The van der Waals surface area contributed by atoms with Gasteiger partial charge < -0.3 is 15.6 Å². The quantitative estimate of drug-likeness (QED) is 0.843. The predicted octanol–water partition coefficient (Wildman–Crippen LogP) is 2.50. The van der Waals surface area contributed by atoms with Crippen LogP contribution >= 0.6 is 0 Å². The van der Waals surface area contributed by atoms with Crippen molar-refractivity contribution in [2.75, 3.05) is 6.61 Å². The first-order valence-electron chi connectivity index (χ1n) is 5.96. The Labute approximate surface area is 108 Å². The van der Waals surface area contributed by atoms with Crippen LogP contribution in [0.15, 0.2) is 18.2 Å². The third-order valence-electron chi connectivity index (χ3n) is 2.83. The van der Waals surface area contributed by atoms with Crippen molar-refractivity contribution < 1.29 is 14.6 Å². The zero-order chi connectivity index (χ0) is 13.9. The Bertz CT molecular complexity index is 439. The van der Waals surface area contributed by atoms with Gasteiger partial charge >= 0.3 is 5.97 Å². The fraction of sp³-hybridized carbons (Fsp3) is 0.500. The lowest BCUT2D eigenvalue weighted by Gasteiger charge is -2.22. The third-order valence-corrected chi connectivity index (χ3v) is 2.83. The van der Waals surface area contributed by atoms with E-state index in [-0.39, 0.29) is 12.6 Å². The minimum Gasteiger partial charge on any atom is -0.492 e. The number of ether oxygens (including phenoxy) is 1. The van der Waals surface area contributed by atoms with E-state index in [0.717, 1.165) is 11.1 Å². The van der Waals surface area contributed by atoms with Crippen molar-refractivity contribution in [2.45, 2.75) is 33.7 Å². The van der Waals surface area contributed by atoms with Gasteiger partial charge in [0.15, 0.2) is 0 Å². The molecule has 1 aromatic rings. The van der Waals surface area contributed by atoms with Gasteiger partial charge in [0, 0.05) is 11.6 Å². The van der Waals surface area contributed by atoms with Crippen LogP contribution in [-0.2, 0) is 4.79 Å². The molecule has 0 spiro atoms. The molecule has 0 radical (unpaired) electrons. The van der Waals surface area contributed by atoms with E-state index >= 15 is 0 Å². The van der Waals surface area contributed by atoms with Crippen molar-refractivity contribution >= 4 is 5.97 Å². The number of aryl methyl sites for hydroxylation is 1. The standard InChI is InChI=1S/C14H21NO3/c1-9-5-6-11(10(2)15)12(7-9)18-8-14(3,4)13(16)17/h5-7,10H,8,15H2,1-4H3,(H,16,17)/t10-/m1/s1. The summed E-state index contributed by atoms with van der Waals surface area (Å²) >= 11 is 0. The molecule has 0 aliphatic rings. The molecular formula is C14H21NO3. The van der Waals surface area contributed by atoms with E-state index in [4.69, 9.17) is 15.6 Å². The number of carbonyl (C=O) groups is 1. The molecule has 0 aliphatic heterocycles. The van der Waals surface area contributed by atoms with Gasteiger partial charge in [-0.25, -0.2) is 0 Å². The first-order valence-corrected chi connectivity index (χ1v) is 5.96. The van der Waals surface area contributed by atoms with Crippen LogP contribution in [0.25, 0.3) is 0 Å². The molecule has 3 N–H and O–H groups in total. The molecule has 1 rings (SSSR count). The van der Waals surface area contributed by atoms with E-state index in [9.17, 15) is 4.79 Å². The molecule has 0 amide bonds. The number of carboxylic acids is 1. The van der Waals surface area contributed by atoms with Crippen LogP contribution in [-0.4, -0.2) is 17.7 Å². The maximum absolute atomic E-state index is 11.0. The largest absolute Gasteiger partial charge is 0.492 e. The molecular weight excluding hydrogens is 230 g/mol. The van der Waals surface area contributed by atoms with E-state index in [2.05, 4.69) is 0 Å². The smallest absolute Gasteiger partial charge is 0.312 e. The van der Waals surface area contributed by atoms with Gasteiger partial charge in [-0.05, 0) is 39.3 Å². The lowest BCUT2D eigenvalue weighted by atomic mass is 9.95. The van der Waals surface area contributed by atoms with Crippen molar-refractivity contribution in [2.24, 2.45) is 11.1 Å². The average molecular weight is 251 g/mol. The minimum absolute atomic E-state index is 0.117. The molecule has 0 heterocycles. The molecule has 0 bridgehead atoms. The minimum atomic E-state index is -0.918. The van der Waals surface area contributed by atoms with Gasteiger partial charge in [0.25, 0.3) is 0 Å². The van der Waals surface area contributed by atoms with Crippen LogP contribution in [0.2, 0.25) is 0 Å². The van der Waals surface area contributed by atoms with E-state index in [0.29, 0.717) is 5.75 Å². The normalized spacial score (nSPS) is 13.2. The average Bonchev–Trinajstić information content (AvgIpc) is 2.26. The highest BCUT2D eigenvalue weighted by Gasteiger charge is 2.28. The van der Waals surface area contributed by atoms with Gasteiger partial charge in [0.1, 0.15) is 12.4 Å². The number of hydrogen-bond donors (Lipinski definition) is 2. The third kappa shape index (κ3) is 3.47. The van der Waals surface area contributed by atoms with E-state index < -0.39 is 11.4 Å². The summed E-state index contributed by atoms with van der Waals surface area (Å²) in [5.41, 5.74) is 6.90. The second-order valence-corrected chi connectivity index (χ2v) is 5.31. The molecule has 0 saturated carbocycles. The van der Waals surface area contributed by atoms with Gasteiger partial charge in [0.05, 0.1) is 5.41 Å². The molecule has 1 atom stereocenters. The van der Waals surface area contributed by atoms with Crippen LogP contribution < -0.4 is 10.5 Å². The van der Waals surface area contributed by atoms with Crippen LogP contribution in [0.3, 0.4) is 0 Å². The van der Waals surface area contributed by atoms with E-state index in [1.165, 1.54) is 0 Å². The number of nitrogens with two attached hydrogens (primary N) is 1. The van der Waals surface area contributed by atoms with E-state index in [1.54, 1.807) is 13.8 Å². The van der Waals surface area contributed by atoms with Crippen molar-refractivity contribution in [1.82, 2.24) is 0 Å². The van der Waals surface area contributed by atoms with Gasteiger partial charge in [-0.2, -0.15) is 0 Å². The number of aliphatic carboxylic acids is 1. The zero-order valence-corrected chi connectivity index (χ0v) is 11.4. The summed E-state index contributed by atoms with van der Waals surface area (Å²) < 4.78 is 5.64. The first kappa shape index (κ1) is 14.5. The number of carboxylic acid groups (broad SMARTS) is 1. The zero-order valence-electron chi connectivity index (χ0n) is 11.4. The summed E-state index contributed by atoms with van der Waals surface area (Å²) in [6.07, 6.45) is 0. The molecule has 0 unspecified atom stereocenters. The highest BCUT2D eigenvalue weighted by molar-refractivity contribution is 5.73. The summed E-state index contributed by atoms with van der Waals surface area (Å²) in [4.78, 5) is 11.0. The van der Waals surface area contributed by atoms with Crippen molar-refractivity contribution in [3.05, 3.63) is 29.3 Å². The van der Waals surface area contributed by atoms with Gasteiger partial charge in [-0.3, -0.25) is 4.79 Å². The highest BCUT2D eigenvalue weighted by Crippen LogP contribution is 2.27. The maximum atomic E-state index is 11.0. The lowest BCUT2D eigenvalue weighted by Crippen LogP contribution is -2.31. The van der Waals surface area contributed by atoms with Gasteiger partial charge in [-0.1, -0.05) is 12.1 Å². The topological polar surface area (TPSA) is 72.5 Å². The second-order valence-electron chi connectivity index (χ2n) is 5.31. The second kappa shape index (κ2) is 5.40. The molecule has 0 aliphatic carbocycles. The van der Waals surface area contributed by atoms with E-state index in [1.807, 2.05) is 32.0 Å². The summed E-state index contributed by atoms with van der Waals surface area (Å²) in [6, 6.07) is 5.63. The summed E-state index contributed by atoms with van der Waals surface area (Å²) in [5.74, 6) is -0.211. The summed E-state index contributed by atoms with van der Waals surface area (Å²) in [7, 11) is 0. The molecule has 1 aromatic carbocycles. The lowest BCUT2D eigenvalue weighted by molar-refractivity contribution is -0.148. The predicted molar refractivity (Wildman–Crippen MR) is 70.7 cm³/mol. The number of benzene rings is 1. The Hall–Kier alpha value is -1.55. The molecule has 0 fully saturated rings. The first-order chi connectivity index (χ1) is 8.24. The molecule has 0 saturated heterocycles. The molecule has 0 aromatic heterocycles. The summed E-state index contributed by atoms with van der Waals surface area (Å²) in [5, 5.41) is 9.05. The molecule has 4 heteroatoms. The highest BCUT2D eigenvalue weighted by atomic mass is 16.5. The molecule has 100 valence electrons. The van der Waals surface area contributed by atoms with Crippen molar-refractivity contribution in [3.63, 3.8) is 0 Å². The van der Waals surface area contributed by atoms with Crippen LogP contribution in [0.1, 0.15) is 37.9 Å². The fourth-order valence-electron chi connectivity index (χ4n) is 1.46. The Kier molecular flexibility index (Phi) is 4.35. The molecule has 4 nitrogen and oxygen atoms in total. The Morgan fingerprint density at radius 1 is 1.50 bits per heavy atom. The summed E-state index contributed by atoms with van der Waals surface area (Å²) in [6.45, 7) is 7.22. The Morgan fingerprint density at radius 3 is 2.61 bits per heavy atom. The van der Waals surface area contributed by atoms with Crippen LogP contribution in [0.5, 0.6) is 5.75 Å². The Balaban J connectivity index is 2.90. The number of rotatable bonds is 5. The van der Waals surface area contributed by atoms with Gasteiger partial charge in [-0.15, -0.1) is 0 Å². The fourth-order valence-corrected chi connectivity index (χ4v) is 1.46. The van der Waals surface area contributed by atoms with Gasteiger partial charge in [0.2, 0.25) is 0 Å². The maximum Gasteiger partial charge on any atom is 0.312 e. The van der Waals surface area contributed by atoms with Crippen molar-refractivity contribution in [3.8, 4) is 5.75 Å². The SMILES string of the molecule is Cc1ccc([C@@H](C)N)c(OCC(C)(C)C(=O)O)c1. The van der Waals surface area contributed by atoms with Crippen molar-refractivity contribution in [1.29, 1.82) is 0 Å². The molecule has 18 heavy (non-hydrogen) atoms. The number of hydrogen-bond acceptors (Lipinski definition) is 3.